The Morgan fingerprint density at radius 1 is 1.15 bits per heavy atom. The quantitative estimate of drug-likeness (QED) is 0.535. The molecule has 9 nitrogen and oxygen atoms in total. The number of hydrogen-bond acceptors (Lipinski definition) is 8. The first kappa shape index (κ1) is 17.5. The smallest absolute Gasteiger partial charge is 0.272 e. The Labute approximate surface area is 163 Å². The SMILES string of the molecule is Cc1c(-c2ccnc(Nc3ccc(Cl)cc3Cl)n2)nnc2nc(CO)nn12. The fraction of sp³-hybridized carbons (Fsp3) is 0.125. The third-order valence-electron chi connectivity index (χ3n) is 3.75. The first-order valence-corrected chi connectivity index (χ1v) is 8.56. The maximum Gasteiger partial charge on any atom is 0.272 e. The molecule has 3 aromatic heterocycles. The number of aliphatic hydroxyl groups excluding tert-OH is 1. The summed E-state index contributed by atoms with van der Waals surface area (Å²) in [4.78, 5) is 12.7. The summed E-state index contributed by atoms with van der Waals surface area (Å²) in [6, 6.07) is 6.79. The van der Waals surface area contributed by atoms with Gasteiger partial charge in [-0.2, -0.15) is 9.50 Å². The summed E-state index contributed by atoms with van der Waals surface area (Å²) in [5.74, 6) is 0.917. The van der Waals surface area contributed by atoms with E-state index in [1.54, 1.807) is 30.5 Å². The highest BCUT2D eigenvalue weighted by Gasteiger charge is 2.14. The maximum atomic E-state index is 9.20. The van der Waals surface area contributed by atoms with E-state index in [4.69, 9.17) is 23.2 Å². The van der Waals surface area contributed by atoms with Crippen LogP contribution in [0.25, 0.3) is 17.2 Å². The summed E-state index contributed by atoms with van der Waals surface area (Å²) >= 11 is 12.1. The van der Waals surface area contributed by atoms with Crippen molar-refractivity contribution in [3.8, 4) is 11.4 Å². The van der Waals surface area contributed by atoms with E-state index in [9.17, 15) is 5.11 Å². The molecule has 1 aromatic carbocycles. The third-order valence-corrected chi connectivity index (χ3v) is 4.30. The Morgan fingerprint density at radius 3 is 2.78 bits per heavy atom. The molecule has 0 bridgehead atoms. The number of rotatable bonds is 4. The predicted molar refractivity (Wildman–Crippen MR) is 100 cm³/mol. The number of aryl methyl sites for hydroxylation is 1. The Balaban J connectivity index is 1.72. The molecule has 27 heavy (non-hydrogen) atoms. The summed E-state index contributed by atoms with van der Waals surface area (Å²) in [7, 11) is 0. The van der Waals surface area contributed by atoms with Crippen molar-refractivity contribution >= 4 is 40.6 Å². The summed E-state index contributed by atoms with van der Waals surface area (Å²) in [5.41, 5.74) is 2.37. The van der Waals surface area contributed by atoms with Crippen molar-refractivity contribution in [2.24, 2.45) is 0 Å². The highest BCUT2D eigenvalue weighted by molar-refractivity contribution is 6.36. The third kappa shape index (κ3) is 3.39. The summed E-state index contributed by atoms with van der Waals surface area (Å²) in [5, 5.41) is 25.6. The number of aliphatic hydroxyl groups is 1. The number of halogens is 2. The van der Waals surface area contributed by atoms with Gasteiger partial charge in [0.05, 0.1) is 22.1 Å². The fourth-order valence-corrected chi connectivity index (χ4v) is 2.92. The van der Waals surface area contributed by atoms with Crippen LogP contribution in [0.3, 0.4) is 0 Å². The number of nitrogens with one attached hydrogen (secondary N) is 1. The summed E-state index contributed by atoms with van der Waals surface area (Å²) in [6.45, 7) is 1.54. The average molecular weight is 403 g/mol. The zero-order valence-corrected chi connectivity index (χ0v) is 15.4. The number of aromatic nitrogens is 7. The van der Waals surface area contributed by atoms with Gasteiger partial charge in [-0.15, -0.1) is 15.3 Å². The second-order valence-electron chi connectivity index (χ2n) is 5.55. The lowest BCUT2D eigenvalue weighted by Gasteiger charge is -2.09. The van der Waals surface area contributed by atoms with E-state index in [0.717, 1.165) is 0 Å². The van der Waals surface area contributed by atoms with Crippen molar-refractivity contribution in [3.05, 3.63) is 52.0 Å². The number of fused-ring (bicyclic) bond motifs is 1. The molecule has 0 amide bonds. The van der Waals surface area contributed by atoms with Crippen LogP contribution in [0.4, 0.5) is 11.6 Å². The Hall–Kier alpha value is -2.88. The topological polar surface area (TPSA) is 114 Å². The second-order valence-corrected chi connectivity index (χ2v) is 6.39. The molecular formula is C16H12Cl2N8O. The molecule has 11 heteroatoms. The second kappa shape index (κ2) is 7.03. The van der Waals surface area contributed by atoms with Crippen molar-refractivity contribution in [3.63, 3.8) is 0 Å². The highest BCUT2D eigenvalue weighted by Crippen LogP contribution is 2.28. The van der Waals surface area contributed by atoms with Gasteiger partial charge in [0.2, 0.25) is 5.95 Å². The molecule has 4 aromatic rings. The minimum absolute atomic E-state index is 0.270. The van der Waals surface area contributed by atoms with Crippen LogP contribution >= 0.6 is 23.2 Å². The fourth-order valence-electron chi connectivity index (χ4n) is 2.47. The first-order valence-electron chi connectivity index (χ1n) is 7.80. The molecule has 0 saturated carbocycles. The van der Waals surface area contributed by atoms with Crippen LogP contribution in [0.5, 0.6) is 0 Å². The van der Waals surface area contributed by atoms with Crippen LogP contribution < -0.4 is 5.32 Å². The molecule has 0 aliphatic carbocycles. The first-order chi connectivity index (χ1) is 13.0. The minimum atomic E-state index is -0.276. The number of hydrogen-bond donors (Lipinski definition) is 2. The average Bonchev–Trinajstić information content (AvgIpc) is 3.09. The minimum Gasteiger partial charge on any atom is -0.388 e. The largest absolute Gasteiger partial charge is 0.388 e. The molecule has 4 rings (SSSR count). The molecule has 0 unspecified atom stereocenters. The van der Waals surface area contributed by atoms with Gasteiger partial charge in [0.1, 0.15) is 12.3 Å². The van der Waals surface area contributed by atoms with Crippen molar-refractivity contribution in [2.75, 3.05) is 5.32 Å². The van der Waals surface area contributed by atoms with Crippen LogP contribution in [-0.2, 0) is 6.61 Å². The maximum absolute atomic E-state index is 9.20. The molecule has 2 N–H and O–H groups in total. The van der Waals surface area contributed by atoms with E-state index in [1.807, 2.05) is 6.92 Å². The van der Waals surface area contributed by atoms with Gasteiger partial charge in [0, 0.05) is 11.2 Å². The van der Waals surface area contributed by atoms with Gasteiger partial charge < -0.3 is 10.4 Å². The molecule has 0 radical (unpaired) electrons. The molecule has 136 valence electrons. The van der Waals surface area contributed by atoms with E-state index in [1.165, 1.54) is 4.52 Å². The molecule has 0 spiro atoms. The molecular weight excluding hydrogens is 391 g/mol. The predicted octanol–water partition coefficient (Wildman–Crippen LogP) is 2.83. The summed E-state index contributed by atoms with van der Waals surface area (Å²) in [6.07, 6.45) is 1.60. The molecule has 0 aliphatic rings. The van der Waals surface area contributed by atoms with Gasteiger partial charge in [-0.25, -0.2) is 9.97 Å². The van der Waals surface area contributed by atoms with Gasteiger partial charge in [-0.3, -0.25) is 0 Å². The molecule has 0 aliphatic heterocycles. The summed E-state index contributed by atoms with van der Waals surface area (Å²) < 4.78 is 1.51. The van der Waals surface area contributed by atoms with E-state index in [2.05, 4.69) is 35.6 Å². The van der Waals surface area contributed by atoms with Gasteiger partial charge in [0.25, 0.3) is 5.78 Å². The van der Waals surface area contributed by atoms with Crippen LogP contribution in [0.1, 0.15) is 11.5 Å². The molecule has 0 fully saturated rings. The monoisotopic (exact) mass is 402 g/mol. The van der Waals surface area contributed by atoms with E-state index >= 15 is 0 Å². The molecule has 3 heterocycles. The molecule has 0 atom stereocenters. The van der Waals surface area contributed by atoms with E-state index < -0.39 is 0 Å². The number of anilines is 2. The lowest BCUT2D eigenvalue weighted by molar-refractivity contribution is 0.271. The number of benzene rings is 1. The normalized spacial score (nSPS) is 11.1. The zero-order chi connectivity index (χ0) is 19.0. The van der Waals surface area contributed by atoms with Gasteiger partial charge in [-0.1, -0.05) is 23.2 Å². The Bertz CT molecular complexity index is 1150. The molecule has 0 saturated heterocycles. The Kier molecular flexibility index (Phi) is 4.56. The van der Waals surface area contributed by atoms with Crippen LogP contribution in [0, 0.1) is 6.92 Å². The van der Waals surface area contributed by atoms with E-state index in [0.29, 0.717) is 44.5 Å². The van der Waals surface area contributed by atoms with Crippen molar-refractivity contribution in [2.45, 2.75) is 13.5 Å². The lowest BCUT2D eigenvalue weighted by Crippen LogP contribution is -2.05. The highest BCUT2D eigenvalue weighted by atomic mass is 35.5. The van der Waals surface area contributed by atoms with Crippen LogP contribution in [0.2, 0.25) is 10.0 Å². The number of nitrogens with zero attached hydrogens (tertiary/aromatic N) is 7. The van der Waals surface area contributed by atoms with Gasteiger partial charge in [0.15, 0.2) is 5.82 Å². The standard InChI is InChI=1S/C16H12Cl2N8O/c1-8-14(23-24-16-22-13(7-27)25-26(8)16)12-4-5-19-15(21-12)20-11-3-2-9(17)6-10(11)18/h2-6,27H,7H2,1H3,(H,19,20,21). The van der Waals surface area contributed by atoms with E-state index in [-0.39, 0.29) is 12.4 Å². The van der Waals surface area contributed by atoms with Crippen molar-refractivity contribution in [1.29, 1.82) is 0 Å². The van der Waals surface area contributed by atoms with Crippen molar-refractivity contribution in [1.82, 2.24) is 34.8 Å². The Morgan fingerprint density at radius 2 is 2.00 bits per heavy atom. The van der Waals surface area contributed by atoms with Gasteiger partial charge >= 0.3 is 0 Å². The van der Waals surface area contributed by atoms with Crippen LogP contribution in [-0.4, -0.2) is 39.9 Å². The lowest BCUT2D eigenvalue weighted by atomic mass is 10.2. The zero-order valence-electron chi connectivity index (χ0n) is 13.9. The van der Waals surface area contributed by atoms with Crippen molar-refractivity contribution < 1.29 is 5.11 Å². The van der Waals surface area contributed by atoms with Gasteiger partial charge in [-0.05, 0) is 31.2 Å². The van der Waals surface area contributed by atoms with Crippen LogP contribution in [0.15, 0.2) is 30.5 Å².